The first-order valence-corrected chi connectivity index (χ1v) is 11.2. The van der Waals surface area contributed by atoms with Gasteiger partial charge in [0.1, 0.15) is 38.0 Å². The Morgan fingerprint density at radius 2 is 1.47 bits per heavy atom. The van der Waals surface area contributed by atoms with Gasteiger partial charge >= 0.3 is 0 Å². The first-order valence-electron chi connectivity index (χ1n) is 8.20. The van der Waals surface area contributed by atoms with Crippen LogP contribution in [-0.4, -0.2) is 42.5 Å². The Labute approximate surface area is 181 Å². The molecule has 0 unspecified atom stereocenters. The molecule has 0 atom stereocenters. The van der Waals surface area contributed by atoms with Crippen molar-refractivity contribution >= 4 is 55.3 Å². The number of non-ortho nitro benzene ring substituents is 1. The number of fused-ring (bicyclic) bond motifs is 1. The van der Waals surface area contributed by atoms with Crippen molar-refractivity contribution in [1.29, 1.82) is 0 Å². The summed E-state index contributed by atoms with van der Waals surface area (Å²) in [7, 11) is -9.06. The van der Waals surface area contributed by atoms with Crippen molar-refractivity contribution in [1.82, 2.24) is 0 Å². The van der Waals surface area contributed by atoms with E-state index >= 15 is 0 Å². The average molecular weight is 488 g/mol. The van der Waals surface area contributed by atoms with Crippen LogP contribution in [0.1, 0.15) is 0 Å². The molecule has 0 aliphatic rings. The zero-order valence-electron chi connectivity index (χ0n) is 15.6. The van der Waals surface area contributed by atoms with E-state index in [1.165, 1.54) is 18.2 Å². The van der Waals surface area contributed by atoms with E-state index in [-0.39, 0.29) is 16.5 Å². The van der Waals surface area contributed by atoms with E-state index < -0.39 is 65.0 Å². The summed E-state index contributed by atoms with van der Waals surface area (Å²) in [5.41, 5.74) is 3.69. The summed E-state index contributed by atoms with van der Waals surface area (Å²) in [6.07, 6.45) is 0. The maximum absolute atomic E-state index is 11.1. The maximum atomic E-state index is 11.1. The number of nitrogens with two attached hydrogens (primary N) is 1. The van der Waals surface area contributed by atoms with Gasteiger partial charge in [0.05, 0.1) is 9.82 Å². The topological polar surface area (TPSA) is 256 Å². The average Bonchev–Trinajstić information content (AvgIpc) is 2.66. The minimum atomic E-state index is -4.60. The lowest BCUT2D eigenvalue weighted by atomic mass is 10.1. The van der Waals surface area contributed by atoms with E-state index in [9.17, 15) is 47.6 Å². The molecule has 0 saturated heterocycles. The van der Waals surface area contributed by atoms with Gasteiger partial charge in [0, 0.05) is 23.2 Å². The molecule has 3 aromatic carbocycles. The molecular weight excluding hydrogens is 472 g/mol. The number of nitrogens with zero attached hydrogens (tertiary/aromatic N) is 3. The molecule has 14 nitrogen and oxygen atoms in total. The molecule has 0 aliphatic carbocycles. The monoisotopic (exact) mass is 488 g/mol. The molecule has 3 rings (SSSR count). The molecule has 0 spiro atoms. The number of anilines is 1. The van der Waals surface area contributed by atoms with Crippen molar-refractivity contribution < 1.29 is 42.5 Å². The molecule has 0 saturated carbocycles. The SMILES string of the molecule is Nc1ccc2cc(S(O)(O)O)c(N=Nc3cc([N+](=O)[O-])cc(S(O)(O)O)c3O)c(O)c2c1. The van der Waals surface area contributed by atoms with Gasteiger partial charge in [-0.15, -0.1) is 10.2 Å². The van der Waals surface area contributed by atoms with Crippen LogP contribution in [0.3, 0.4) is 0 Å². The standard InChI is InChI=1S/C16H16N4O10S2/c17-8-2-1-7-3-12(31(25,26)27)14(15(21)10(7)4-8)19-18-11-5-9(20(23)24)6-13(16(11)22)32(28,29)30/h1-6,21-22,25-30H,17H2. The Balaban J connectivity index is 2.28. The number of hydrogen-bond donors (Lipinski definition) is 9. The van der Waals surface area contributed by atoms with Gasteiger partial charge in [0.2, 0.25) is 0 Å². The Morgan fingerprint density at radius 1 is 0.844 bits per heavy atom. The van der Waals surface area contributed by atoms with Crippen molar-refractivity contribution in [2.45, 2.75) is 9.79 Å². The second-order valence-electron chi connectivity index (χ2n) is 6.36. The second-order valence-corrected chi connectivity index (χ2v) is 9.31. The smallest absolute Gasteiger partial charge is 0.273 e. The molecule has 0 bridgehead atoms. The fourth-order valence-corrected chi connectivity index (χ4v) is 4.06. The second kappa shape index (κ2) is 8.04. The van der Waals surface area contributed by atoms with E-state index in [1.807, 2.05) is 0 Å². The first-order chi connectivity index (χ1) is 14.7. The van der Waals surface area contributed by atoms with Gasteiger partial charge in [0.15, 0.2) is 11.5 Å². The van der Waals surface area contributed by atoms with E-state index in [0.29, 0.717) is 12.1 Å². The molecule has 0 aromatic heterocycles. The molecule has 0 amide bonds. The first kappa shape index (κ1) is 23.4. The van der Waals surface area contributed by atoms with Gasteiger partial charge in [-0.3, -0.25) is 10.1 Å². The predicted molar refractivity (Wildman–Crippen MR) is 116 cm³/mol. The molecule has 10 N–H and O–H groups in total. The van der Waals surface area contributed by atoms with Crippen LogP contribution in [0.5, 0.6) is 11.5 Å². The minimum Gasteiger partial charge on any atom is -0.505 e. The van der Waals surface area contributed by atoms with Gasteiger partial charge in [-0.25, -0.2) is 0 Å². The van der Waals surface area contributed by atoms with Crippen LogP contribution in [-0.2, 0) is 0 Å². The molecule has 172 valence electrons. The molecule has 0 heterocycles. The van der Waals surface area contributed by atoms with Gasteiger partial charge in [0.25, 0.3) is 5.69 Å². The highest BCUT2D eigenvalue weighted by Gasteiger charge is 2.28. The van der Waals surface area contributed by atoms with Crippen molar-refractivity contribution in [3.05, 3.63) is 46.5 Å². The van der Waals surface area contributed by atoms with E-state index in [2.05, 4.69) is 10.2 Å². The van der Waals surface area contributed by atoms with E-state index in [4.69, 9.17) is 5.73 Å². The van der Waals surface area contributed by atoms with Crippen molar-refractivity contribution in [3.63, 3.8) is 0 Å². The third kappa shape index (κ3) is 4.52. The molecule has 0 aliphatic heterocycles. The van der Waals surface area contributed by atoms with Crippen LogP contribution in [0.15, 0.2) is 56.4 Å². The zero-order valence-corrected chi connectivity index (χ0v) is 17.2. The van der Waals surface area contributed by atoms with E-state index in [0.717, 1.165) is 6.07 Å². The number of rotatable bonds is 5. The van der Waals surface area contributed by atoms with Crippen LogP contribution in [0.4, 0.5) is 22.7 Å². The summed E-state index contributed by atoms with van der Waals surface area (Å²) >= 11 is 0. The number of nitro benzene ring substituents is 1. The number of nitro groups is 1. The molecule has 16 heteroatoms. The number of phenolic OH excluding ortho intramolecular Hbond substituents is 2. The van der Waals surface area contributed by atoms with Crippen LogP contribution in [0.2, 0.25) is 0 Å². The van der Waals surface area contributed by atoms with Gasteiger partial charge in [-0.1, -0.05) is 6.07 Å². The highest BCUT2D eigenvalue weighted by atomic mass is 32.3. The Bertz CT molecular complexity index is 1270. The van der Waals surface area contributed by atoms with Crippen molar-refractivity contribution in [2.75, 3.05) is 5.73 Å². The highest BCUT2D eigenvalue weighted by Crippen LogP contribution is 2.56. The molecular formula is C16H16N4O10S2. The minimum absolute atomic E-state index is 0.0832. The molecule has 3 aromatic rings. The lowest BCUT2D eigenvalue weighted by molar-refractivity contribution is -0.385. The number of aromatic hydroxyl groups is 2. The summed E-state index contributed by atoms with van der Waals surface area (Å²) < 4.78 is 57.5. The van der Waals surface area contributed by atoms with Crippen LogP contribution in [0.25, 0.3) is 10.8 Å². The predicted octanol–water partition coefficient (Wildman–Crippen LogP) is 5.32. The van der Waals surface area contributed by atoms with Crippen LogP contribution in [0, 0.1) is 10.1 Å². The third-order valence-electron chi connectivity index (χ3n) is 4.17. The fraction of sp³-hybridized carbons (Fsp3) is 0. The Kier molecular flexibility index (Phi) is 5.89. The van der Waals surface area contributed by atoms with E-state index in [1.54, 1.807) is 0 Å². The summed E-state index contributed by atoms with van der Waals surface area (Å²) in [5.74, 6) is -1.78. The summed E-state index contributed by atoms with van der Waals surface area (Å²) in [6.45, 7) is 0. The lowest BCUT2D eigenvalue weighted by Gasteiger charge is -2.22. The fourth-order valence-electron chi connectivity index (χ4n) is 2.74. The van der Waals surface area contributed by atoms with Crippen molar-refractivity contribution in [2.24, 2.45) is 10.2 Å². The van der Waals surface area contributed by atoms with Crippen LogP contribution >= 0.6 is 21.7 Å². The summed E-state index contributed by atoms with van der Waals surface area (Å²) in [4.78, 5) is 8.46. The zero-order chi connectivity index (χ0) is 24.0. The molecule has 32 heavy (non-hydrogen) atoms. The van der Waals surface area contributed by atoms with Crippen molar-refractivity contribution in [3.8, 4) is 11.5 Å². The largest absolute Gasteiger partial charge is 0.505 e. The van der Waals surface area contributed by atoms with Crippen LogP contribution < -0.4 is 5.73 Å². The molecule has 0 fully saturated rings. The quantitative estimate of drug-likeness (QED) is 0.0960. The highest BCUT2D eigenvalue weighted by molar-refractivity contribution is 8.19. The Hall–Kier alpha value is -3.22. The number of phenols is 2. The number of benzene rings is 3. The Morgan fingerprint density at radius 3 is 2.03 bits per heavy atom. The van der Waals surface area contributed by atoms with Gasteiger partial charge in [-0.05, 0) is 23.6 Å². The molecule has 0 radical (unpaired) electrons. The third-order valence-corrected chi connectivity index (χ3v) is 5.98. The lowest BCUT2D eigenvalue weighted by Crippen LogP contribution is -1.98. The number of azo groups is 1. The maximum Gasteiger partial charge on any atom is 0.273 e. The van der Waals surface area contributed by atoms with Gasteiger partial charge in [-0.2, -0.15) is 0 Å². The number of hydrogen-bond acceptors (Lipinski definition) is 13. The number of nitrogen functional groups attached to an aromatic ring is 1. The normalized spacial score (nSPS) is 13.6. The summed E-state index contributed by atoms with van der Waals surface area (Å²) in [6, 6.07) is 6.45. The van der Waals surface area contributed by atoms with Gasteiger partial charge < -0.3 is 43.3 Å². The summed E-state index contributed by atoms with van der Waals surface area (Å²) in [5, 5.41) is 39.2.